The highest BCUT2D eigenvalue weighted by Gasteiger charge is 2.22. The predicted molar refractivity (Wildman–Crippen MR) is 111 cm³/mol. The lowest BCUT2D eigenvalue weighted by Gasteiger charge is -2.18. The third-order valence-corrected chi connectivity index (χ3v) is 5.24. The van der Waals surface area contributed by atoms with Gasteiger partial charge in [-0.05, 0) is 49.4 Å². The molecule has 6 heteroatoms. The highest BCUT2D eigenvalue weighted by Crippen LogP contribution is 2.27. The number of anilines is 1. The Balaban J connectivity index is 1.92. The maximum Gasteiger partial charge on any atom is 0.345 e. The fraction of sp³-hybridized carbons (Fsp3) is 0.143. The molecule has 4 aromatic rings. The van der Waals surface area contributed by atoms with Gasteiger partial charge in [-0.3, -0.25) is 4.79 Å². The molecule has 2 heterocycles. The quantitative estimate of drug-likeness (QED) is 0.443. The summed E-state index contributed by atoms with van der Waals surface area (Å²) in [5, 5.41) is 1.24. The Morgan fingerprint density at radius 3 is 2.52 bits per heavy atom. The van der Waals surface area contributed by atoms with Crippen molar-refractivity contribution in [1.29, 1.82) is 0 Å². The molecule has 0 aliphatic heterocycles. The van der Waals surface area contributed by atoms with Gasteiger partial charge < -0.3 is 13.9 Å². The van der Waals surface area contributed by atoms with E-state index in [2.05, 4.69) is 15.9 Å². The first kappa shape index (κ1) is 17.5. The number of para-hydroxylation sites is 1. The van der Waals surface area contributed by atoms with Gasteiger partial charge in [-0.1, -0.05) is 28.1 Å². The number of carbonyl (C=O) groups is 1. The van der Waals surface area contributed by atoms with Gasteiger partial charge in [0, 0.05) is 29.1 Å². The van der Waals surface area contributed by atoms with Crippen LogP contribution in [-0.4, -0.2) is 17.5 Å². The van der Waals surface area contributed by atoms with Crippen molar-refractivity contribution >= 4 is 49.4 Å². The summed E-state index contributed by atoms with van der Waals surface area (Å²) in [5.74, 6) is -0.182. The van der Waals surface area contributed by atoms with Crippen LogP contribution in [0.4, 0.5) is 5.69 Å². The van der Waals surface area contributed by atoms with Crippen LogP contribution >= 0.6 is 15.9 Å². The molecule has 0 aliphatic carbocycles. The maximum absolute atomic E-state index is 13.2. The van der Waals surface area contributed by atoms with Gasteiger partial charge in [0.1, 0.15) is 11.3 Å². The standard InChI is InChI=1S/C21H17BrN2O3/c1-3-24-17(20(25)23(2)14-10-8-13(22)9-11-14)12-16-19(24)15-6-4-5-7-18(15)27-21(16)26/h4-12H,3H2,1-2H3. The third kappa shape index (κ3) is 2.86. The number of rotatable bonds is 3. The number of hydrogen-bond donors (Lipinski definition) is 0. The molecular weight excluding hydrogens is 408 g/mol. The number of aromatic nitrogens is 1. The van der Waals surface area contributed by atoms with Crippen molar-refractivity contribution in [1.82, 2.24) is 4.57 Å². The largest absolute Gasteiger partial charge is 0.422 e. The molecule has 0 atom stereocenters. The normalized spacial score (nSPS) is 11.2. The highest BCUT2D eigenvalue weighted by atomic mass is 79.9. The van der Waals surface area contributed by atoms with E-state index in [1.54, 1.807) is 24.1 Å². The zero-order valence-corrected chi connectivity index (χ0v) is 16.5. The Morgan fingerprint density at radius 2 is 1.81 bits per heavy atom. The lowest BCUT2D eigenvalue weighted by Crippen LogP contribution is -2.28. The molecule has 0 bridgehead atoms. The van der Waals surface area contributed by atoms with E-state index in [1.165, 1.54) is 0 Å². The number of carbonyl (C=O) groups excluding carboxylic acids is 1. The van der Waals surface area contributed by atoms with Crippen LogP contribution in [0.25, 0.3) is 21.9 Å². The van der Waals surface area contributed by atoms with E-state index in [-0.39, 0.29) is 5.91 Å². The molecule has 0 spiro atoms. The van der Waals surface area contributed by atoms with Crippen LogP contribution in [0.3, 0.4) is 0 Å². The van der Waals surface area contributed by atoms with Gasteiger partial charge in [0.15, 0.2) is 0 Å². The van der Waals surface area contributed by atoms with E-state index in [4.69, 9.17) is 4.42 Å². The molecule has 136 valence electrons. The average Bonchev–Trinajstić information content (AvgIpc) is 3.08. The first-order chi connectivity index (χ1) is 13.0. The smallest absolute Gasteiger partial charge is 0.345 e. The Hall–Kier alpha value is -2.86. The summed E-state index contributed by atoms with van der Waals surface area (Å²) >= 11 is 3.40. The van der Waals surface area contributed by atoms with E-state index in [1.807, 2.05) is 54.0 Å². The zero-order chi connectivity index (χ0) is 19.1. The van der Waals surface area contributed by atoms with Crippen LogP contribution in [0.2, 0.25) is 0 Å². The minimum absolute atomic E-state index is 0.182. The fourth-order valence-corrected chi connectivity index (χ4v) is 3.62. The second-order valence-corrected chi connectivity index (χ2v) is 7.18. The van der Waals surface area contributed by atoms with Gasteiger partial charge >= 0.3 is 5.63 Å². The van der Waals surface area contributed by atoms with E-state index >= 15 is 0 Å². The van der Waals surface area contributed by atoms with Crippen LogP contribution in [-0.2, 0) is 6.54 Å². The molecule has 0 fully saturated rings. The Labute approximate surface area is 163 Å². The van der Waals surface area contributed by atoms with E-state index in [9.17, 15) is 9.59 Å². The molecule has 1 amide bonds. The van der Waals surface area contributed by atoms with Gasteiger partial charge in [-0.2, -0.15) is 0 Å². The van der Waals surface area contributed by atoms with Gasteiger partial charge in [0.05, 0.1) is 10.9 Å². The van der Waals surface area contributed by atoms with E-state index in [0.29, 0.717) is 23.2 Å². The SMILES string of the molecule is CCn1c(C(=O)N(C)c2ccc(Br)cc2)cc2c(=O)oc3ccccc3c21. The van der Waals surface area contributed by atoms with Crippen molar-refractivity contribution < 1.29 is 9.21 Å². The second kappa shape index (κ2) is 6.70. The molecule has 2 aromatic carbocycles. The molecule has 5 nitrogen and oxygen atoms in total. The van der Waals surface area contributed by atoms with Gasteiger partial charge in [0.25, 0.3) is 5.91 Å². The number of benzene rings is 2. The minimum Gasteiger partial charge on any atom is -0.422 e. The summed E-state index contributed by atoms with van der Waals surface area (Å²) in [7, 11) is 1.73. The number of amides is 1. The van der Waals surface area contributed by atoms with Gasteiger partial charge in [-0.15, -0.1) is 0 Å². The summed E-state index contributed by atoms with van der Waals surface area (Å²) in [6.07, 6.45) is 0. The summed E-state index contributed by atoms with van der Waals surface area (Å²) in [6.45, 7) is 2.52. The summed E-state index contributed by atoms with van der Waals surface area (Å²) in [5.41, 5.74) is 2.05. The monoisotopic (exact) mass is 424 g/mol. The number of aryl methyl sites for hydroxylation is 1. The number of hydrogen-bond acceptors (Lipinski definition) is 3. The summed E-state index contributed by atoms with van der Waals surface area (Å²) in [4.78, 5) is 27.2. The molecule has 0 unspecified atom stereocenters. The van der Waals surface area contributed by atoms with Crippen LogP contribution < -0.4 is 10.5 Å². The van der Waals surface area contributed by atoms with Crippen LogP contribution in [0.5, 0.6) is 0 Å². The fourth-order valence-electron chi connectivity index (χ4n) is 3.36. The Bertz CT molecular complexity index is 1220. The molecule has 27 heavy (non-hydrogen) atoms. The molecule has 0 saturated heterocycles. The number of halogens is 1. The summed E-state index contributed by atoms with van der Waals surface area (Å²) < 4.78 is 8.25. The first-order valence-corrected chi connectivity index (χ1v) is 9.39. The molecule has 0 radical (unpaired) electrons. The number of nitrogens with zero attached hydrogens (tertiary/aromatic N) is 2. The molecule has 0 aliphatic rings. The molecule has 0 N–H and O–H groups in total. The first-order valence-electron chi connectivity index (χ1n) is 8.60. The third-order valence-electron chi connectivity index (χ3n) is 4.72. The molecule has 4 rings (SSSR count). The second-order valence-electron chi connectivity index (χ2n) is 6.26. The lowest BCUT2D eigenvalue weighted by molar-refractivity contribution is 0.0984. The summed E-state index contributed by atoms with van der Waals surface area (Å²) in [6, 6.07) is 16.5. The molecule has 2 aromatic heterocycles. The van der Waals surface area contributed by atoms with Crippen molar-refractivity contribution in [2.24, 2.45) is 0 Å². The lowest BCUT2D eigenvalue weighted by atomic mass is 10.2. The van der Waals surface area contributed by atoms with Crippen LogP contribution in [0.15, 0.2) is 68.3 Å². The van der Waals surface area contributed by atoms with Gasteiger partial charge in [0.2, 0.25) is 0 Å². The Kier molecular flexibility index (Phi) is 4.36. The van der Waals surface area contributed by atoms with E-state index in [0.717, 1.165) is 21.1 Å². The highest BCUT2D eigenvalue weighted by molar-refractivity contribution is 9.10. The Morgan fingerprint density at radius 1 is 1.11 bits per heavy atom. The number of fused-ring (bicyclic) bond motifs is 3. The maximum atomic E-state index is 13.2. The van der Waals surface area contributed by atoms with Crippen molar-refractivity contribution in [2.75, 3.05) is 11.9 Å². The van der Waals surface area contributed by atoms with Crippen molar-refractivity contribution in [3.63, 3.8) is 0 Å². The predicted octanol–water partition coefficient (Wildman–Crippen LogP) is 4.81. The average molecular weight is 425 g/mol. The van der Waals surface area contributed by atoms with Gasteiger partial charge in [-0.25, -0.2) is 4.79 Å². The molecular formula is C21H17BrN2O3. The van der Waals surface area contributed by atoms with Crippen molar-refractivity contribution in [2.45, 2.75) is 13.5 Å². The van der Waals surface area contributed by atoms with Crippen LogP contribution in [0, 0.1) is 0 Å². The van der Waals surface area contributed by atoms with Crippen molar-refractivity contribution in [3.8, 4) is 0 Å². The van der Waals surface area contributed by atoms with Crippen molar-refractivity contribution in [3.05, 3.63) is 75.2 Å². The zero-order valence-electron chi connectivity index (χ0n) is 14.9. The topological polar surface area (TPSA) is 55.5 Å². The van der Waals surface area contributed by atoms with Crippen LogP contribution in [0.1, 0.15) is 17.4 Å². The minimum atomic E-state index is -0.434. The molecule has 0 saturated carbocycles. The van der Waals surface area contributed by atoms with E-state index < -0.39 is 5.63 Å².